The highest BCUT2D eigenvalue weighted by molar-refractivity contribution is 7.80. The number of benzene rings is 2. The third-order valence-corrected chi connectivity index (χ3v) is 3.33. The van der Waals surface area contributed by atoms with E-state index in [9.17, 15) is 10.1 Å². The Morgan fingerprint density at radius 1 is 1.18 bits per heavy atom. The lowest BCUT2D eigenvalue weighted by Gasteiger charge is -2.09. The maximum Gasteiger partial charge on any atom is 0.269 e. The molecule has 7 heteroatoms. The molecule has 5 nitrogen and oxygen atoms in total. The first-order chi connectivity index (χ1) is 10.5. The van der Waals surface area contributed by atoms with Gasteiger partial charge in [0.2, 0.25) is 0 Å². The van der Waals surface area contributed by atoms with E-state index in [0.717, 1.165) is 5.56 Å². The van der Waals surface area contributed by atoms with Crippen LogP contribution in [-0.4, -0.2) is 16.7 Å². The molecule has 0 unspecified atom stereocenters. The molecule has 0 bridgehead atoms. The number of non-ortho nitro benzene ring substituents is 1. The summed E-state index contributed by atoms with van der Waals surface area (Å²) in [7, 11) is 0. The van der Waals surface area contributed by atoms with Gasteiger partial charge in [-0.25, -0.2) is 0 Å². The Balaban J connectivity index is 1.77. The van der Waals surface area contributed by atoms with Crippen molar-refractivity contribution in [3.8, 4) is 0 Å². The Hall–Kier alpha value is -2.18. The van der Waals surface area contributed by atoms with Crippen molar-refractivity contribution in [3.63, 3.8) is 0 Å². The molecule has 0 atom stereocenters. The molecule has 0 saturated heterocycles. The van der Waals surface area contributed by atoms with E-state index in [1.807, 2.05) is 24.3 Å². The van der Waals surface area contributed by atoms with Gasteiger partial charge in [0.15, 0.2) is 0 Å². The van der Waals surface area contributed by atoms with Gasteiger partial charge in [-0.05, 0) is 42.0 Å². The largest absolute Gasteiger partial charge is 0.470 e. The van der Waals surface area contributed by atoms with E-state index in [1.54, 1.807) is 12.1 Å². The fourth-order valence-corrected chi connectivity index (χ4v) is 2.06. The highest BCUT2D eigenvalue weighted by Crippen LogP contribution is 2.15. The van der Waals surface area contributed by atoms with Gasteiger partial charge in [0.25, 0.3) is 10.9 Å². The van der Waals surface area contributed by atoms with Crippen LogP contribution >= 0.6 is 23.8 Å². The van der Waals surface area contributed by atoms with Gasteiger partial charge in [0.05, 0.1) is 11.5 Å². The molecule has 2 rings (SSSR count). The predicted molar refractivity (Wildman–Crippen MR) is 90.4 cm³/mol. The van der Waals surface area contributed by atoms with Crippen molar-refractivity contribution in [3.05, 3.63) is 69.2 Å². The van der Waals surface area contributed by atoms with Crippen LogP contribution in [0, 0.1) is 10.1 Å². The summed E-state index contributed by atoms with van der Waals surface area (Å²) in [6, 6.07) is 13.5. The van der Waals surface area contributed by atoms with Crippen molar-refractivity contribution < 1.29 is 9.66 Å². The van der Waals surface area contributed by atoms with Gasteiger partial charge < -0.3 is 10.1 Å². The van der Waals surface area contributed by atoms with Crippen molar-refractivity contribution >= 4 is 40.4 Å². The molecule has 2 aromatic carbocycles. The molecule has 0 amide bonds. The second kappa shape index (κ2) is 7.72. The Bertz CT molecular complexity index is 659. The van der Waals surface area contributed by atoms with E-state index in [-0.39, 0.29) is 10.9 Å². The molecule has 2 aromatic rings. The first kappa shape index (κ1) is 16.2. The average molecular weight is 337 g/mol. The number of rotatable bonds is 5. The van der Waals surface area contributed by atoms with E-state index in [4.69, 9.17) is 28.6 Å². The normalized spacial score (nSPS) is 10.0. The number of anilines is 1. The van der Waals surface area contributed by atoms with Crippen molar-refractivity contribution in [2.24, 2.45) is 0 Å². The second-order valence-corrected chi connectivity index (χ2v) is 5.25. The van der Waals surface area contributed by atoms with Crippen LogP contribution < -0.4 is 5.32 Å². The smallest absolute Gasteiger partial charge is 0.269 e. The molecule has 0 spiro atoms. The standard InChI is InChI=1S/C15H13ClN2O3S/c16-12-3-1-11(2-4-12)9-10-21-15(22)17-13-5-7-14(8-6-13)18(19)20/h1-8H,9-10H2,(H,17,22). The lowest BCUT2D eigenvalue weighted by Crippen LogP contribution is -2.15. The summed E-state index contributed by atoms with van der Waals surface area (Å²) in [6.07, 6.45) is 0.708. The van der Waals surface area contributed by atoms with Crippen molar-refractivity contribution in [2.75, 3.05) is 11.9 Å². The van der Waals surface area contributed by atoms with Crippen LogP contribution in [0.25, 0.3) is 0 Å². The fourth-order valence-electron chi connectivity index (χ4n) is 1.73. The van der Waals surface area contributed by atoms with Crippen LogP contribution in [0.15, 0.2) is 48.5 Å². The maximum absolute atomic E-state index is 10.6. The van der Waals surface area contributed by atoms with Crippen molar-refractivity contribution in [1.29, 1.82) is 0 Å². The molecule has 0 heterocycles. The number of hydrogen-bond donors (Lipinski definition) is 1. The summed E-state index contributed by atoms with van der Waals surface area (Å²) in [5, 5.41) is 14.3. The summed E-state index contributed by atoms with van der Waals surface area (Å²) < 4.78 is 5.41. The number of nitro benzene ring substituents is 1. The van der Waals surface area contributed by atoms with Gasteiger partial charge in [-0.3, -0.25) is 10.1 Å². The molecule has 1 N–H and O–H groups in total. The summed E-state index contributed by atoms with van der Waals surface area (Å²) in [6.45, 7) is 0.431. The minimum atomic E-state index is -0.454. The van der Waals surface area contributed by atoms with E-state index >= 15 is 0 Å². The molecule has 22 heavy (non-hydrogen) atoms. The topological polar surface area (TPSA) is 64.4 Å². The van der Waals surface area contributed by atoms with E-state index < -0.39 is 4.92 Å². The maximum atomic E-state index is 10.6. The average Bonchev–Trinajstić information content (AvgIpc) is 2.50. The summed E-state index contributed by atoms with van der Waals surface area (Å²) in [4.78, 5) is 10.1. The number of nitrogens with zero attached hydrogens (tertiary/aromatic N) is 1. The zero-order valence-electron chi connectivity index (χ0n) is 11.5. The SMILES string of the molecule is O=[N+]([O-])c1ccc(NC(=S)OCCc2ccc(Cl)cc2)cc1. The second-order valence-electron chi connectivity index (χ2n) is 4.44. The molecule has 0 aromatic heterocycles. The molecule has 0 aliphatic carbocycles. The highest BCUT2D eigenvalue weighted by atomic mass is 35.5. The predicted octanol–water partition coefficient (Wildman–Crippen LogP) is 4.20. The summed E-state index contributed by atoms with van der Waals surface area (Å²) in [5.74, 6) is 0. The van der Waals surface area contributed by atoms with Crippen LogP contribution in [0.4, 0.5) is 11.4 Å². The van der Waals surface area contributed by atoms with Gasteiger partial charge in [0, 0.05) is 29.3 Å². The lowest BCUT2D eigenvalue weighted by molar-refractivity contribution is -0.384. The van der Waals surface area contributed by atoms with Crippen LogP contribution in [0.1, 0.15) is 5.56 Å². The van der Waals surface area contributed by atoms with Crippen molar-refractivity contribution in [1.82, 2.24) is 0 Å². The third-order valence-electron chi connectivity index (χ3n) is 2.86. The van der Waals surface area contributed by atoms with Crippen LogP contribution in [0.2, 0.25) is 5.02 Å². The molecule has 0 aliphatic rings. The van der Waals surface area contributed by atoms with E-state index in [0.29, 0.717) is 23.7 Å². The first-order valence-electron chi connectivity index (χ1n) is 6.47. The molecule has 0 saturated carbocycles. The van der Waals surface area contributed by atoms with E-state index in [1.165, 1.54) is 12.1 Å². The Morgan fingerprint density at radius 2 is 1.82 bits per heavy atom. The number of hydrogen-bond acceptors (Lipinski definition) is 4. The molecular weight excluding hydrogens is 324 g/mol. The molecule has 0 radical (unpaired) electrons. The molecular formula is C15H13ClN2O3S. The first-order valence-corrected chi connectivity index (χ1v) is 7.26. The van der Waals surface area contributed by atoms with Gasteiger partial charge >= 0.3 is 0 Å². The number of thiocarbonyl (C=S) groups is 1. The van der Waals surface area contributed by atoms with Gasteiger partial charge in [-0.1, -0.05) is 23.7 Å². The fraction of sp³-hybridized carbons (Fsp3) is 0.133. The van der Waals surface area contributed by atoms with Crippen molar-refractivity contribution in [2.45, 2.75) is 6.42 Å². The summed E-state index contributed by atoms with van der Waals surface area (Å²) in [5.41, 5.74) is 1.77. The highest BCUT2D eigenvalue weighted by Gasteiger charge is 2.05. The van der Waals surface area contributed by atoms with Crippen LogP contribution in [0.3, 0.4) is 0 Å². The zero-order valence-corrected chi connectivity index (χ0v) is 13.1. The number of ether oxygens (including phenoxy) is 1. The third kappa shape index (κ3) is 4.98. The van der Waals surface area contributed by atoms with Crippen LogP contribution in [0.5, 0.6) is 0 Å². The quantitative estimate of drug-likeness (QED) is 0.503. The lowest BCUT2D eigenvalue weighted by atomic mass is 10.2. The van der Waals surface area contributed by atoms with Gasteiger partial charge in [-0.2, -0.15) is 0 Å². The Morgan fingerprint density at radius 3 is 2.41 bits per heavy atom. The number of nitrogens with one attached hydrogen (secondary N) is 1. The van der Waals surface area contributed by atoms with E-state index in [2.05, 4.69) is 5.32 Å². The monoisotopic (exact) mass is 336 g/mol. The van der Waals surface area contributed by atoms with Crippen LogP contribution in [-0.2, 0) is 11.2 Å². The van der Waals surface area contributed by atoms with Gasteiger partial charge in [0.1, 0.15) is 0 Å². The molecule has 0 aliphatic heterocycles. The Labute approximate surface area is 138 Å². The molecule has 114 valence electrons. The minimum Gasteiger partial charge on any atom is -0.470 e. The zero-order chi connectivity index (χ0) is 15.9. The number of halogens is 1. The molecule has 0 fully saturated rings. The Kier molecular flexibility index (Phi) is 5.68. The summed E-state index contributed by atoms with van der Waals surface area (Å²) >= 11 is 10.9. The number of nitro groups is 1. The minimum absolute atomic E-state index is 0.0279. The van der Waals surface area contributed by atoms with Gasteiger partial charge in [-0.15, -0.1) is 0 Å².